The Balaban J connectivity index is 1.90. The van der Waals surface area contributed by atoms with Gasteiger partial charge in [-0.25, -0.2) is 4.52 Å². The topological polar surface area (TPSA) is 68.2 Å². The first-order valence-corrected chi connectivity index (χ1v) is 6.52. The molecule has 0 unspecified atom stereocenters. The molecule has 0 radical (unpaired) electrons. The zero-order chi connectivity index (χ0) is 12.6. The smallest absolute Gasteiger partial charge is 0.243 e. The molecule has 2 heterocycles. The average Bonchev–Trinajstić information content (AvgIpc) is 2.96. The summed E-state index contributed by atoms with van der Waals surface area (Å²) in [5, 5.41) is 7.91. The van der Waals surface area contributed by atoms with E-state index in [1.165, 1.54) is 18.4 Å². The van der Waals surface area contributed by atoms with E-state index >= 15 is 0 Å². The fourth-order valence-electron chi connectivity index (χ4n) is 2.71. The zero-order valence-electron chi connectivity index (χ0n) is 10.7. The van der Waals surface area contributed by atoms with E-state index in [9.17, 15) is 0 Å². The van der Waals surface area contributed by atoms with Crippen LogP contribution in [0, 0.1) is 6.92 Å². The van der Waals surface area contributed by atoms with Gasteiger partial charge in [-0.2, -0.15) is 4.98 Å². The summed E-state index contributed by atoms with van der Waals surface area (Å²) in [6, 6.07) is 4.03. The van der Waals surface area contributed by atoms with Crippen molar-refractivity contribution in [2.24, 2.45) is 5.73 Å². The van der Waals surface area contributed by atoms with Gasteiger partial charge in [-0.15, -0.1) is 5.10 Å². The molecule has 0 saturated heterocycles. The van der Waals surface area contributed by atoms with Crippen molar-refractivity contribution < 1.29 is 0 Å². The predicted molar refractivity (Wildman–Crippen MR) is 71.6 cm³/mol. The fourth-order valence-corrected chi connectivity index (χ4v) is 2.71. The molecule has 2 aromatic rings. The molecule has 5 nitrogen and oxygen atoms in total. The van der Waals surface area contributed by atoms with E-state index in [0.717, 1.165) is 18.5 Å². The number of aryl methyl sites for hydroxylation is 1. The van der Waals surface area contributed by atoms with E-state index in [1.54, 1.807) is 0 Å². The lowest BCUT2D eigenvalue weighted by atomic mass is 9.98. The van der Waals surface area contributed by atoms with Crippen LogP contribution in [-0.4, -0.2) is 26.7 Å². The lowest BCUT2D eigenvalue weighted by Gasteiger charge is -2.27. The summed E-state index contributed by atoms with van der Waals surface area (Å²) in [7, 11) is 0. The van der Waals surface area contributed by atoms with Crippen LogP contribution in [0.25, 0.3) is 5.65 Å². The molecule has 18 heavy (non-hydrogen) atoms. The van der Waals surface area contributed by atoms with Gasteiger partial charge in [0.2, 0.25) is 5.95 Å². The lowest BCUT2D eigenvalue weighted by Crippen LogP contribution is -2.43. The van der Waals surface area contributed by atoms with Crippen LogP contribution in [-0.2, 0) is 0 Å². The molecule has 0 spiro atoms. The highest BCUT2D eigenvalue weighted by Crippen LogP contribution is 2.31. The van der Waals surface area contributed by atoms with Crippen molar-refractivity contribution >= 4 is 11.6 Å². The molecule has 1 saturated carbocycles. The maximum absolute atomic E-state index is 5.91. The summed E-state index contributed by atoms with van der Waals surface area (Å²) < 4.78 is 1.82. The molecule has 1 aliphatic rings. The van der Waals surface area contributed by atoms with E-state index in [2.05, 4.69) is 15.4 Å². The third kappa shape index (κ3) is 1.95. The van der Waals surface area contributed by atoms with Crippen LogP contribution in [0.2, 0.25) is 0 Å². The van der Waals surface area contributed by atoms with Gasteiger partial charge in [0, 0.05) is 12.7 Å². The Labute approximate surface area is 106 Å². The van der Waals surface area contributed by atoms with Gasteiger partial charge in [0.25, 0.3) is 0 Å². The molecule has 2 aromatic heterocycles. The van der Waals surface area contributed by atoms with Crippen molar-refractivity contribution in [2.45, 2.75) is 38.1 Å². The summed E-state index contributed by atoms with van der Waals surface area (Å²) in [5.74, 6) is 0.688. The number of fused-ring (bicyclic) bond motifs is 1. The Morgan fingerprint density at radius 3 is 2.89 bits per heavy atom. The van der Waals surface area contributed by atoms with Crippen molar-refractivity contribution in [1.29, 1.82) is 0 Å². The molecule has 3 rings (SSSR count). The lowest BCUT2D eigenvalue weighted by molar-refractivity contribution is 0.489. The first kappa shape index (κ1) is 11.5. The van der Waals surface area contributed by atoms with E-state index in [4.69, 9.17) is 5.73 Å². The summed E-state index contributed by atoms with van der Waals surface area (Å²) in [6.45, 7) is 2.69. The van der Waals surface area contributed by atoms with Crippen molar-refractivity contribution in [3.05, 3.63) is 23.9 Å². The van der Waals surface area contributed by atoms with Crippen molar-refractivity contribution in [3.63, 3.8) is 0 Å². The second-order valence-electron chi connectivity index (χ2n) is 5.26. The van der Waals surface area contributed by atoms with Gasteiger partial charge in [-0.3, -0.25) is 0 Å². The molecule has 1 fully saturated rings. The highest BCUT2D eigenvalue weighted by molar-refractivity contribution is 5.45. The molecule has 1 aliphatic carbocycles. The quantitative estimate of drug-likeness (QED) is 0.864. The number of rotatable bonds is 3. The molecule has 96 valence electrons. The van der Waals surface area contributed by atoms with Crippen LogP contribution in [0.15, 0.2) is 18.3 Å². The van der Waals surface area contributed by atoms with Crippen LogP contribution in [0.1, 0.15) is 31.2 Å². The van der Waals surface area contributed by atoms with E-state index in [1.807, 2.05) is 29.8 Å². The van der Waals surface area contributed by atoms with Gasteiger partial charge in [0.15, 0.2) is 5.65 Å². The largest absolute Gasteiger partial charge is 0.346 e. The molecule has 3 N–H and O–H groups in total. The molecule has 0 atom stereocenters. The number of aromatic nitrogens is 3. The van der Waals surface area contributed by atoms with Gasteiger partial charge in [-0.05, 0) is 31.4 Å². The number of hydrogen-bond acceptors (Lipinski definition) is 4. The Hall–Kier alpha value is -1.62. The number of nitrogens with two attached hydrogens (primary N) is 1. The molecule has 0 aromatic carbocycles. The van der Waals surface area contributed by atoms with Crippen LogP contribution >= 0.6 is 0 Å². The minimum absolute atomic E-state index is 0.0000190. The number of anilines is 1. The van der Waals surface area contributed by atoms with Gasteiger partial charge < -0.3 is 11.1 Å². The molecular weight excluding hydrogens is 226 g/mol. The van der Waals surface area contributed by atoms with E-state index in [-0.39, 0.29) is 5.54 Å². The summed E-state index contributed by atoms with van der Waals surface area (Å²) in [4.78, 5) is 4.50. The summed E-state index contributed by atoms with van der Waals surface area (Å²) in [5.41, 5.74) is 7.95. The van der Waals surface area contributed by atoms with Crippen LogP contribution in [0.5, 0.6) is 0 Å². The minimum Gasteiger partial charge on any atom is -0.346 e. The molecular formula is C13H19N5. The maximum Gasteiger partial charge on any atom is 0.243 e. The fraction of sp³-hybridized carbons (Fsp3) is 0.538. The second-order valence-corrected chi connectivity index (χ2v) is 5.26. The third-order valence-electron chi connectivity index (χ3n) is 3.81. The molecule has 0 aliphatic heterocycles. The van der Waals surface area contributed by atoms with E-state index < -0.39 is 0 Å². The number of hydrogen-bond donors (Lipinski definition) is 2. The van der Waals surface area contributed by atoms with Gasteiger partial charge in [-0.1, -0.05) is 18.9 Å². The standard InChI is InChI=1S/C13H19N5/c1-10-4-5-11-15-12(17-18(11)8-10)16-13(9-14)6-2-3-7-13/h4-5,8H,2-3,6-7,9,14H2,1H3,(H,16,17). The SMILES string of the molecule is Cc1ccc2nc(NC3(CN)CCCC3)nn2c1. The molecule has 5 heteroatoms. The molecule has 0 amide bonds. The highest BCUT2D eigenvalue weighted by Gasteiger charge is 2.33. The van der Waals surface area contributed by atoms with Crippen LogP contribution in [0.4, 0.5) is 5.95 Å². The minimum atomic E-state index is -0.0000190. The first-order valence-electron chi connectivity index (χ1n) is 6.52. The highest BCUT2D eigenvalue weighted by atomic mass is 15.4. The van der Waals surface area contributed by atoms with Crippen molar-refractivity contribution in [1.82, 2.24) is 14.6 Å². The Morgan fingerprint density at radius 1 is 1.39 bits per heavy atom. The van der Waals surface area contributed by atoms with Gasteiger partial charge in [0.1, 0.15) is 0 Å². The monoisotopic (exact) mass is 245 g/mol. The molecule has 0 bridgehead atoms. The van der Waals surface area contributed by atoms with E-state index in [0.29, 0.717) is 12.5 Å². The normalized spacial score (nSPS) is 18.3. The number of pyridine rings is 1. The second kappa shape index (κ2) is 4.24. The Morgan fingerprint density at radius 2 is 2.17 bits per heavy atom. The summed E-state index contributed by atoms with van der Waals surface area (Å²) in [6.07, 6.45) is 6.67. The zero-order valence-corrected chi connectivity index (χ0v) is 10.7. The number of nitrogens with one attached hydrogen (secondary N) is 1. The van der Waals surface area contributed by atoms with Gasteiger partial charge in [0.05, 0.1) is 5.54 Å². The van der Waals surface area contributed by atoms with Gasteiger partial charge >= 0.3 is 0 Å². The number of nitrogens with zero attached hydrogens (tertiary/aromatic N) is 3. The predicted octanol–water partition coefficient (Wildman–Crippen LogP) is 1.72. The first-order chi connectivity index (χ1) is 8.71. The van der Waals surface area contributed by atoms with Crippen molar-refractivity contribution in [2.75, 3.05) is 11.9 Å². The third-order valence-corrected chi connectivity index (χ3v) is 3.81. The average molecular weight is 245 g/mol. The maximum atomic E-state index is 5.91. The summed E-state index contributed by atoms with van der Waals surface area (Å²) >= 11 is 0. The Kier molecular flexibility index (Phi) is 2.70. The van der Waals surface area contributed by atoms with Crippen LogP contribution < -0.4 is 11.1 Å². The van der Waals surface area contributed by atoms with Crippen LogP contribution in [0.3, 0.4) is 0 Å². The Bertz CT molecular complexity index is 554. The van der Waals surface area contributed by atoms with Crippen molar-refractivity contribution in [3.8, 4) is 0 Å².